The molecule has 0 aromatic heterocycles. The summed E-state index contributed by atoms with van der Waals surface area (Å²) in [6, 6.07) is 2.83. The van der Waals surface area contributed by atoms with E-state index in [-0.39, 0.29) is 10.7 Å². The third-order valence-electron chi connectivity index (χ3n) is 2.00. The number of rotatable bonds is 1. The number of nitrogens with two attached hydrogens (primary N) is 1. The number of nitrogens with zero attached hydrogens (tertiary/aromatic N) is 3. The molecule has 0 radical (unpaired) electrons. The van der Waals surface area contributed by atoms with Crippen molar-refractivity contribution >= 4 is 23.5 Å². The minimum Gasteiger partial charge on any atom is -0.296 e. The number of hydrogen-bond acceptors (Lipinski definition) is 5. The Morgan fingerprint density at radius 2 is 2.33 bits per heavy atom. The molecule has 0 saturated carbocycles. The molecule has 2 rings (SSSR count). The highest BCUT2D eigenvalue weighted by atomic mass is 35.5. The van der Waals surface area contributed by atoms with E-state index in [2.05, 4.69) is 4.99 Å². The minimum atomic E-state index is -0.536. The van der Waals surface area contributed by atoms with Crippen LogP contribution >= 0.6 is 11.6 Å². The molecular weight excluding hydrogens is 220 g/mol. The van der Waals surface area contributed by atoms with E-state index >= 15 is 0 Å². The highest BCUT2D eigenvalue weighted by Gasteiger charge is 2.13. The van der Waals surface area contributed by atoms with Gasteiger partial charge in [-0.1, -0.05) is 11.6 Å². The summed E-state index contributed by atoms with van der Waals surface area (Å²) in [4.78, 5) is 14.2. The van der Waals surface area contributed by atoms with Crippen LogP contribution in [0.25, 0.3) is 6.20 Å². The number of nitro benzene ring substituents is 1. The summed E-state index contributed by atoms with van der Waals surface area (Å²) in [5.41, 5.74) is -0.142. The van der Waals surface area contributed by atoms with Crippen LogP contribution in [0.2, 0.25) is 5.02 Å². The summed E-state index contributed by atoms with van der Waals surface area (Å²) in [5.74, 6) is 5.49. The van der Waals surface area contributed by atoms with Crippen LogP contribution in [0.3, 0.4) is 0 Å². The van der Waals surface area contributed by atoms with Crippen LogP contribution in [-0.2, 0) is 0 Å². The van der Waals surface area contributed by atoms with Gasteiger partial charge < -0.3 is 0 Å². The van der Waals surface area contributed by atoms with Crippen LogP contribution in [0.4, 0.5) is 5.69 Å². The van der Waals surface area contributed by atoms with E-state index < -0.39 is 4.92 Å². The van der Waals surface area contributed by atoms with Gasteiger partial charge in [0.2, 0.25) is 0 Å². The second-order valence-electron chi connectivity index (χ2n) is 3.06. The summed E-state index contributed by atoms with van der Waals surface area (Å²) < 4.78 is 0. The standard InChI is InChI=1S/C8H7ClN4O2/c9-6-2-7-5(1-8(6)13(14)15)3-12(10)4-11-7/h1-3H,4,10H2. The molecule has 0 amide bonds. The van der Waals surface area contributed by atoms with E-state index in [0.29, 0.717) is 17.2 Å². The molecule has 2 N–H and O–H groups in total. The van der Waals surface area contributed by atoms with E-state index in [1.807, 2.05) is 0 Å². The van der Waals surface area contributed by atoms with Crippen molar-refractivity contribution in [3.63, 3.8) is 0 Å². The molecule has 6 nitrogen and oxygen atoms in total. The fourth-order valence-corrected chi connectivity index (χ4v) is 1.55. The molecule has 1 aromatic rings. The highest BCUT2D eigenvalue weighted by molar-refractivity contribution is 6.32. The summed E-state index contributed by atoms with van der Waals surface area (Å²) in [6.45, 7) is 0.321. The third-order valence-corrected chi connectivity index (χ3v) is 2.30. The summed E-state index contributed by atoms with van der Waals surface area (Å²) in [6.07, 6.45) is 1.59. The fraction of sp³-hybridized carbons (Fsp3) is 0.125. The molecule has 0 unspecified atom stereocenters. The maximum Gasteiger partial charge on any atom is 0.288 e. The van der Waals surface area contributed by atoms with Crippen molar-refractivity contribution in [2.45, 2.75) is 0 Å². The molecule has 0 bridgehead atoms. The zero-order valence-corrected chi connectivity index (χ0v) is 8.31. The molecule has 78 valence electrons. The Balaban J connectivity index is 2.73. The quantitative estimate of drug-likeness (QED) is 0.407. The second-order valence-corrected chi connectivity index (χ2v) is 3.47. The number of benzene rings is 1. The van der Waals surface area contributed by atoms with Crippen molar-refractivity contribution in [1.29, 1.82) is 0 Å². The van der Waals surface area contributed by atoms with Crippen molar-refractivity contribution in [3.05, 3.63) is 37.8 Å². The van der Waals surface area contributed by atoms with Gasteiger partial charge in [0.05, 0.1) is 10.3 Å². The van der Waals surface area contributed by atoms with Crippen LogP contribution < -0.4 is 16.4 Å². The Morgan fingerprint density at radius 1 is 1.60 bits per heavy atom. The van der Waals surface area contributed by atoms with Gasteiger partial charge in [0.1, 0.15) is 11.7 Å². The second kappa shape index (κ2) is 3.48. The third kappa shape index (κ3) is 1.77. The monoisotopic (exact) mass is 226 g/mol. The first kappa shape index (κ1) is 9.88. The van der Waals surface area contributed by atoms with Crippen molar-refractivity contribution in [2.24, 2.45) is 10.8 Å². The van der Waals surface area contributed by atoms with E-state index in [1.54, 1.807) is 6.20 Å². The van der Waals surface area contributed by atoms with Gasteiger partial charge in [-0.05, 0) is 6.07 Å². The van der Waals surface area contributed by atoms with Crippen LogP contribution in [0.15, 0.2) is 17.1 Å². The first-order valence-corrected chi connectivity index (χ1v) is 4.47. The molecule has 1 heterocycles. The lowest BCUT2D eigenvalue weighted by Gasteiger charge is -2.13. The van der Waals surface area contributed by atoms with Crippen LogP contribution in [0, 0.1) is 10.1 Å². The highest BCUT2D eigenvalue weighted by Crippen LogP contribution is 2.19. The van der Waals surface area contributed by atoms with Crippen molar-refractivity contribution < 1.29 is 4.92 Å². The molecule has 0 fully saturated rings. The topological polar surface area (TPSA) is 84.8 Å². The SMILES string of the molecule is NN1C=c2cc([N+](=O)[O-])c(Cl)cc2=NC1. The van der Waals surface area contributed by atoms with Gasteiger partial charge in [0.25, 0.3) is 5.69 Å². The van der Waals surface area contributed by atoms with E-state index in [1.165, 1.54) is 17.1 Å². The zero-order valence-electron chi connectivity index (χ0n) is 7.55. The van der Waals surface area contributed by atoms with Crippen LogP contribution in [0.5, 0.6) is 0 Å². The molecular formula is C8H7ClN4O2. The van der Waals surface area contributed by atoms with Crippen LogP contribution in [-0.4, -0.2) is 16.6 Å². The smallest absolute Gasteiger partial charge is 0.288 e. The Morgan fingerprint density at radius 3 is 3.00 bits per heavy atom. The van der Waals surface area contributed by atoms with Gasteiger partial charge in [-0.25, -0.2) is 5.84 Å². The average Bonchev–Trinajstić information content (AvgIpc) is 2.17. The molecule has 1 aromatic carbocycles. The summed E-state index contributed by atoms with van der Waals surface area (Å²) >= 11 is 5.73. The largest absolute Gasteiger partial charge is 0.296 e. The van der Waals surface area contributed by atoms with E-state index in [4.69, 9.17) is 17.4 Å². The van der Waals surface area contributed by atoms with Crippen molar-refractivity contribution in [3.8, 4) is 0 Å². The number of fused-ring (bicyclic) bond motifs is 1. The lowest BCUT2D eigenvalue weighted by molar-refractivity contribution is -0.384. The van der Waals surface area contributed by atoms with Gasteiger partial charge in [0.15, 0.2) is 0 Å². The maximum atomic E-state index is 10.6. The normalized spacial score (nSPS) is 13.9. The predicted molar refractivity (Wildman–Crippen MR) is 54.2 cm³/mol. The lowest BCUT2D eigenvalue weighted by atomic mass is 10.2. The molecule has 0 saturated heterocycles. The number of hydrogen-bond donors (Lipinski definition) is 1. The van der Waals surface area contributed by atoms with Gasteiger partial charge in [0, 0.05) is 17.5 Å². The van der Waals surface area contributed by atoms with E-state index in [0.717, 1.165) is 0 Å². The molecule has 7 heteroatoms. The number of hydrazine groups is 1. The van der Waals surface area contributed by atoms with Gasteiger partial charge in [-0.3, -0.25) is 20.1 Å². The van der Waals surface area contributed by atoms with E-state index in [9.17, 15) is 10.1 Å². The Hall–Kier alpha value is -1.66. The zero-order chi connectivity index (χ0) is 11.0. The molecule has 0 atom stereocenters. The molecule has 0 spiro atoms. The molecule has 1 aliphatic rings. The van der Waals surface area contributed by atoms with Gasteiger partial charge in [-0.15, -0.1) is 0 Å². The Kier molecular flexibility index (Phi) is 2.29. The van der Waals surface area contributed by atoms with Crippen molar-refractivity contribution in [2.75, 3.05) is 6.67 Å². The minimum absolute atomic E-state index is 0.0846. The van der Waals surface area contributed by atoms with Crippen molar-refractivity contribution in [1.82, 2.24) is 5.01 Å². The van der Waals surface area contributed by atoms with Gasteiger partial charge >= 0.3 is 0 Å². The first-order valence-electron chi connectivity index (χ1n) is 4.09. The predicted octanol–water partition coefficient (Wildman–Crippen LogP) is -0.247. The Bertz CT molecular complexity index is 542. The summed E-state index contributed by atoms with van der Waals surface area (Å²) in [7, 11) is 0. The maximum absolute atomic E-state index is 10.6. The molecule has 0 aliphatic carbocycles. The molecule has 15 heavy (non-hydrogen) atoms. The van der Waals surface area contributed by atoms with Gasteiger partial charge in [-0.2, -0.15) is 0 Å². The summed E-state index contributed by atoms with van der Waals surface area (Å²) in [5, 5.41) is 13.3. The lowest BCUT2D eigenvalue weighted by Crippen LogP contribution is -2.39. The average molecular weight is 227 g/mol. The number of halogens is 1. The number of nitro groups is 1. The first-order chi connectivity index (χ1) is 7.08. The fourth-order valence-electron chi connectivity index (χ4n) is 1.33. The van der Waals surface area contributed by atoms with Crippen LogP contribution in [0.1, 0.15) is 0 Å². The molecule has 1 aliphatic heterocycles. The Labute approximate surface area is 89.4 Å².